The molecule has 0 N–H and O–H groups in total. The molecule has 2 aromatic carbocycles. The summed E-state index contributed by atoms with van der Waals surface area (Å²) >= 11 is 3.38. The van der Waals surface area contributed by atoms with Crippen molar-refractivity contribution in [3.63, 3.8) is 0 Å². The van der Waals surface area contributed by atoms with Gasteiger partial charge in [-0.05, 0) is 42.3 Å². The summed E-state index contributed by atoms with van der Waals surface area (Å²) in [5, 5.41) is 0. The third-order valence-corrected chi connectivity index (χ3v) is 4.59. The van der Waals surface area contributed by atoms with E-state index in [1.165, 1.54) is 0 Å². The van der Waals surface area contributed by atoms with Gasteiger partial charge in [0.25, 0.3) is 0 Å². The van der Waals surface area contributed by atoms with E-state index < -0.39 is 17.8 Å². The molecule has 6 heteroatoms. The van der Waals surface area contributed by atoms with Gasteiger partial charge in [0.1, 0.15) is 6.29 Å². The molecule has 5 nitrogen and oxygen atoms in total. The summed E-state index contributed by atoms with van der Waals surface area (Å²) < 4.78 is 16.8. The maximum Gasteiger partial charge on any atom is 0.314 e. The van der Waals surface area contributed by atoms with Crippen molar-refractivity contribution in [1.29, 1.82) is 0 Å². The second kappa shape index (κ2) is 7.70. The number of aldehydes is 1. The minimum absolute atomic E-state index is 0.146. The zero-order valence-electron chi connectivity index (χ0n) is 13.6. The second-order valence-corrected chi connectivity index (χ2v) is 6.47. The fourth-order valence-electron chi connectivity index (χ4n) is 2.86. The predicted octanol–water partition coefficient (Wildman–Crippen LogP) is 3.81. The van der Waals surface area contributed by atoms with Crippen molar-refractivity contribution in [3.8, 4) is 11.5 Å². The minimum atomic E-state index is -0.756. The first-order valence-electron chi connectivity index (χ1n) is 7.91. The van der Waals surface area contributed by atoms with Crippen molar-refractivity contribution >= 4 is 28.2 Å². The van der Waals surface area contributed by atoms with E-state index in [0.29, 0.717) is 17.1 Å². The molecule has 2 atom stereocenters. The molecule has 2 aromatic rings. The summed E-state index contributed by atoms with van der Waals surface area (Å²) in [5.41, 5.74) is 1.40. The summed E-state index contributed by atoms with van der Waals surface area (Å²) in [5.74, 6) is -0.674. The van der Waals surface area contributed by atoms with Crippen LogP contribution in [0.1, 0.15) is 29.9 Å². The largest absolute Gasteiger partial charge is 0.465 e. The molecule has 0 saturated heterocycles. The summed E-state index contributed by atoms with van der Waals surface area (Å²) in [6, 6.07) is 12.6. The summed E-state index contributed by atoms with van der Waals surface area (Å²) in [6.45, 7) is 2.13. The van der Waals surface area contributed by atoms with Crippen molar-refractivity contribution in [3.05, 3.63) is 58.1 Å². The SMILES string of the molecule is CCOC(=O)C(c1ccc2c(c1)OCO2)C(C=O)c1ccc(Br)cc1. The van der Waals surface area contributed by atoms with E-state index in [-0.39, 0.29) is 13.4 Å². The molecule has 0 aliphatic carbocycles. The Morgan fingerprint density at radius 3 is 2.52 bits per heavy atom. The van der Waals surface area contributed by atoms with Crippen LogP contribution in [0.4, 0.5) is 0 Å². The van der Waals surface area contributed by atoms with E-state index in [4.69, 9.17) is 14.2 Å². The van der Waals surface area contributed by atoms with Gasteiger partial charge in [0.15, 0.2) is 11.5 Å². The van der Waals surface area contributed by atoms with Crippen LogP contribution in [0.15, 0.2) is 46.9 Å². The Hall–Kier alpha value is -2.34. The molecule has 0 aromatic heterocycles. The Bertz CT molecular complexity index is 772. The number of carbonyl (C=O) groups excluding carboxylic acids is 2. The highest BCUT2D eigenvalue weighted by atomic mass is 79.9. The lowest BCUT2D eigenvalue weighted by Crippen LogP contribution is -2.24. The smallest absolute Gasteiger partial charge is 0.314 e. The number of halogens is 1. The Kier molecular flexibility index (Phi) is 5.38. The van der Waals surface area contributed by atoms with Crippen molar-refractivity contribution < 1.29 is 23.8 Å². The number of benzene rings is 2. The fourth-order valence-corrected chi connectivity index (χ4v) is 3.13. The van der Waals surface area contributed by atoms with Gasteiger partial charge < -0.3 is 19.0 Å². The monoisotopic (exact) mass is 404 g/mol. The molecular formula is C19H17BrO5. The van der Waals surface area contributed by atoms with Crippen LogP contribution < -0.4 is 9.47 Å². The average Bonchev–Trinajstić information content (AvgIpc) is 3.08. The number of ether oxygens (including phenoxy) is 3. The van der Waals surface area contributed by atoms with Crippen LogP contribution in [0.3, 0.4) is 0 Å². The highest BCUT2D eigenvalue weighted by molar-refractivity contribution is 9.10. The molecule has 1 aliphatic rings. The lowest BCUT2D eigenvalue weighted by molar-refractivity contribution is -0.146. The Morgan fingerprint density at radius 1 is 1.16 bits per heavy atom. The van der Waals surface area contributed by atoms with Crippen molar-refractivity contribution in [2.45, 2.75) is 18.8 Å². The van der Waals surface area contributed by atoms with Crippen molar-refractivity contribution in [1.82, 2.24) is 0 Å². The van der Waals surface area contributed by atoms with Gasteiger partial charge in [-0.1, -0.05) is 34.1 Å². The first-order valence-corrected chi connectivity index (χ1v) is 8.70. The van der Waals surface area contributed by atoms with Crippen LogP contribution in [-0.2, 0) is 14.3 Å². The second-order valence-electron chi connectivity index (χ2n) is 5.56. The predicted molar refractivity (Wildman–Crippen MR) is 94.9 cm³/mol. The van der Waals surface area contributed by atoms with Gasteiger partial charge in [-0.3, -0.25) is 4.79 Å². The summed E-state index contributed by atoms with van der Waals surface area (Å²) in [7, 11) is 0. The molecule has 3 rings (SSSR count). The van der Waals surface area contributed by atoms with Gasteiger partial charge in [0.05, 0.1) is 18.4 Å². The summed E-state index contributed by atoms with van der Waals surface area (Å²) in [4.78, 5) is 24.5. The van der Waals surface area contributed by atoms with E-state index in [2.05, 4.69) is 15.9 Å². The first kappa shape index (κ1) is 17.5. The number of rotatable bonds is 6. The minimum Gasteiger partial charge on any atom is -0.465 e. The molecule has 25 heavy (non-hydrogen) atoms. The highest BCUT2D eigenvalue weighted by Crippen LogP contribution is 2.39. The average molecular weight is 405 g/mol. The van der Waals surface area contributed by atoms with Crippen LogP contribution in [0.5, 0.6) is 11.5 Å². The molecule has 0 saturated carbocycles. The molecule has 0 spiro atoms. The number of fused-ring (bicyclic) bond motifs is 1. The summed E-state index contributed by atoms with van der Waals surface area (Å²) in [6.07, 6.45) is 0.787. The van der Waals surface area contributed by atoms with E-state index in [1.807, 2.05) is 24.3 Å². The fraction of sp³-hybridized carbons (Fsp3) is 0.263. The standard InChI is InChI=1S/C19H17BrO5/c1-2-23-19(22)18(13-5-8-16-17(9-13)25-11-24-16)15(10-21)12-3-6-14(20)7-4-12/h3-10,15,18H,2,11H2,1H3. The van der Waals surface area contributed by atoms with Gasteiger partial charge >= 0.3 is 5.97 Å². The van der Waals surface area contributed by atoms with Gasteiger partial charge in [-0.25, -0.2) is 0 Å². The Morgan fingerprint density at radius 2 is 1.84 bits per heavy atom. The van der Waals surface area contributed by atoms with E-state index in [1.54, 1.807) is 25.1 Å². The Balaban J connectivity index is 2.02. The van der Waals surface area contributed by atoms with E-state index in [0.717, 1.165) is 16.3 Å². The van der Waals surface area contributed by atoms with E-state index >= 15 is 0 Å². The molecule has 0 fully saturated rings. The Labute approximate surface area is 154 Å². The van der Waals surface area contributed by atoms with Crippen molar-refractivity contribution in [2.75, 3.05) is 13.4 Å². The van der Waals surface area contributed by atoms with Crippen LogP contribution in [0.25, 0.3) is 0 Å². The zero-order valence-corrected chi connectivity index (χ0v) is 15.2. The highest BCUT2D eigenvalue weighted by Gasteiger charge is 2.33. The molecule has 0 amide bonds. The van der Waals surface area contributed by atoms with Crippen LogP contribution in [0, 0.1) is 0 Å². The van der Waals surface area contributed by atoms with E-state index in [9.17, 15) is 9.59 Å². The van der Waals surface area contributed by atoms with Crippen LogP contribution in [0.2, 0.25) is 0 Å². The molecule has 1 aliphatic heterocycles. The lowest BCUT2D eigenvalue weighted by Gasteiger charge is -2.22. The quantitative estimate of drug-likeness (QED) is 0.541. The van der Waals surface area contributed by atoms with Crippen LogP contribution >= 0.6 is 15.9 Å². The molecule has 0 bridgehead atoms. The molecule has 0 radical (unpaired) electrons. The molecule has 130 valence electrons. The van der Waals surface area contributed by atoms with Gasteiger partial charge in [0, 0.05) is 4.47 Å². The van der Waals surface area contributed by atoms with Gasteiger partial charge in [-0.15, -0.1) is 0 Å². The third kappa shape index (κ3) is 3.69. The third-order valence-electron chi connectivity index (χ3n) is 4.06. The lowest BCUT2D eigenvalue weighted by atomic mass is 9.82. The first-order chi connectivity index (χ1) is 12.1. The zero-order chi connectivity index (χ0) is 17.8. The molecular weight excluding hydrogens is 388 g/mol. The molecule has 1 heterocycles. The van der Waals surface area contributed by atoms with Crippen molar-refractivity contribution in [2.24, 2.45) is 0 Å². The number of esters is 1. The normalized spacial score (nSPS) is 14.6. The van der Waals surface area contributed by atoms with Gasteiger partial charge in [-0.2, -0.15) is 0 Å². The number of hydrogen-bond donors (Lipinski definition) is 0. The topological polar surface area (TPSA) is 61.8 Å². The number of hydrogen-bond acceptors (Lipinski definition) is 5. The maximum atomic E-state index is 12.6. The molecule has 2 unspecified atom stereocenters. The van der Waals surface area contributed by atoms with Gasteiger partial charge in [0.2, 0.25) is 6.79 Å². The maximum absolute atomic E-state index is 12.6. The van der Waals surface area contributed by atoms with Crippen LogP contribution in [-0.4, -0.2) is 25.7 Å². The number of carbonyl (C=O) groups is 2.